The van der Waals surface area contributed by atoms with Gasteiger partial charge >= 0.3 is 0 Å². The van der Waals surface area contributed by atoms with Gasteiger partial charge in [-0.05, 0) is 44.6 Å². The maximum atomic E-state index is 3.78. The topological polar surface area (TPSA) is 15.3 Å². The van der Waals surface area contributed by atoms with Gasteiger partial charge in [-0.1, -0.05) is 0 Å². The molecule has 2 heterocycles. The van der Waals surface area contributed by atoms with E-state index < -0.39 is 0 Å². The molecular weight excluding hydrogens is 160 g/mol. The Balaban J connectivity index is 1.57. The Hall–Kier alpha value is -0.0800. The van der Waals surface area contributed by atoms with Gasteiger partial charge in [0.25, 0.3) is 0 Å². The molecule has 2 nitrogen and oxygen atoms in total. The van der Waals surface area contributed by atoms with Crippen LogP contribution in [-0.4, -0.2) is 36.6 Å². The summed E-state index contributed by atoms with van der Waals surface area (Å²) in [5.41, 5.74) is 0. The quantitative estimate of drug-likeness (QED) is 0.687. The van der Waals surface area contributed by atoms with Crippen LogP contribution in [0.15, 0.2) is 0 Å². The number of nitrogens with zero attached hydrogens (tertiary/aromatic N) is 1. The van der Waals surface area contributed by atoms with Crippen LogP contribution >= 0.6 is 0 Å². The molecule has 2 bridgehead atoms. The molecule has 2 aliphatic heterocycles. The number of piperidine rings is 2. The van der Waals surface area contributed by atoms with E-state index in [0.29, 0.717) is 0 Å². The van der Waals surface area contributed by atoms with Crippen molar-refractivity contribution in [1.29, 1.82) is 0 Å². The number of rotatable bonds is 2. The van der Waals surface area contributed by atoms with Crippen LogP contribution in [0, 0.1) is 5.92 Å². The van der Waals surface area contributed by atoms with Crippen molar-refractivity contribution in [1.82, 2.24) is 10.2 Å². The Labute approximate surface area is 80.7 Å². The van der Waals surface area contributed by atoms with Crippen LogP contribution in [0.2, 0.25) is 0 Å². The van der Waals surface area contributed by atoms with E-state index in [1.54, 1.807) is 0 Å². The average molecular weight is 180 g/mol. The van der Waals surface area contributed by atoms with Crippen LogP contribution in [0.3, 0.4) is 0 Å². The zero-order valence-corrected chi connectivity index (χ0v) is 8.34. The van der Waals surface area contributed by atoms with E-state index in [-0.39, 0.29) is 0 Å². The van der Waals surface area contributed by atoms with E-state index >= 15 is 0 Å². The largest absolute Gasteiger partial charge is 0.310 e. The van der Waals surface area contributed by atoms with Gasteiger partial charge in [-0.15, -0.1) is 0 Å². The van der Waals surface area contributed by atoms with Gasteiger partial charge in [-0.25, -0.2) is 0 Å². The number of fused-ring (bicyclic) bond motifs is 2. The third-order valence-corrected chi connectivity index (χ3v) is 3.75. The van der Waals surface area contributed by atoms with Crippen molar-refractivity contribution in [3.63, 3.8) is 0 Å². The molecule has 74 valence electrons. The van der Waals surface area contributed by atoms with Crippen LogP contribution in [0.25, 0.3) is 0 Å². The first-order chi connectivity index (χ1) is 6.40. The summed E-state index contributed by atoms with van der Waals surface area (Å²) in [5, 5.41) is 3.78. The minimum absolute atomic E-state index is 0.826. The first-order valence-electron chi connectivity index (χ1n) is 5.88. The Morgan fingerprint density at radius 3 is 2.69 bits per heavy atom. The molecule has 3 aliphatic rings. The second-order valence-electron chi connectivity index (χ2n) is 5.14. The second-order valence-corrected chi connectivity index (χ2v) is 5.14. The Kier molecular flexibility index (Phi) is 2.06. The molecule has 13 heavy (non-hydrogen) atoms. The van der Waals surface area contributed by atoms with Crippen molar-refractivity contribution in [3.8, 4) is 0 Å². The maximum absolute atomic E-state index is 3.78. The lowest BCUT2D eigenvalue weighted by Gasteiger charge is -2.42. The molecule has 3 fully saturated rings. The fourth-order valence-electron chi connectivity index (χ4n) is 3.00. The minimum atomic E-state index is 0.826. The lowest BCUT2D eigenvalue weighted by molar-refractivity contribution is 0.0968. The van der Waals surface area contributed by atoms with Crippen molar-refractivity contribution in [2.24, 2.45) is 5.92 Å². The molecule has 1 aliphatic carbocycles. The minimum Gasteiger partial charge on any atom is -0.310 e. The van der Waals surface area contributed by atoms with E-state index in [4.69, 9.17) is 0 Å². The van der Waals surface area contributed by atoms with E-state index in [0.717, 1.165) is 18.0 Å². The van der Waals surface area contributed by atoms with Crippen LogP contribution in [-0.2, 0) is 0 Å². The van der Waals surface area contributed by atoms with Gasteiger partial charge in [-0.2, -0.15) is 0 Å². The van der Waals surface area contributed by atoms with Gasteiger partial charge in [0.05, 0.1) is 0 Å². The van der Waals surface area contributed by atoms with Crippen molar-refractivity contribution in [2.75, 3.05) is 19.6 Å². The Morgan fingerprint density at radius 2 is 1.92 bits per heavy atom. The van der Waals surface area contributed by atoms with Gasteiger partial charge in [0.15, 0.2) is 0 Å². The molecule has 0 amide bonds. The van der Waals surface area contributed by atoms with Gasteiger partial charge in [-0.3, -0.25) is 0 Å². The summed E-state index contributed by atoms with van der Waals surface area (Å²) < 4.78 is 0. The average Bonchev–Trinajstić information content (AvgIpc) is 2.87. The van der Waals surface area contributed by atoms with Crippen LogP contribution in [0.4, 0.5) is 0 Å². The molecule has 1 N–H and O–H groups in total. The molecule has 1 unspecified atom stereocenters. The molecule has 3 atom stereocenters. The summed E-state index contributed by atoms with van der Waals surface area (Å²) in [7, 11) is 0. The number of hydrogen-bond donors (Lipinski definition) is 1. The fourth-order valence-corrected chi connectivity index (χ4v) is 3.00. The van der Waals surface area contributed by atoms with Crippen molar-refractivity contribution >= 4 is 0 Å². The van der Waals surface area contributed by atoms with Crippen molar-refractivity contribution < 1.29 is 0 Å². The highest BCUT2D eigenvalue weighted by Gasteiger charge is 2.32. The summed E-state index contributed by atoms with van der Waals surface area (Å²) in [6.07, 6.45) is 7.25. The molecule has 0 radical (unpaired) electrons. The molecule has 0 aromatic carbocycles. The first-order valence-corrected chi connectivity index (χ1v) is 5.88. The molecule has 1 saturated carbocycles. The molecule has 0 spiro atoms. The first kappa shape index (κ1) is 8.25. The normalized spacial score (nSPS) is 44.8. The Morgan fingerprint density at radius 1 is 1.00 bits per heavy atom. The van der Waals surface area contributed by atoms with E-state index in [9.17, 15) is 0 Å². The van der Waals surface area contributed by atoms with E-state index in [1.165, 1.54) is 51.7 Å². The highest BCUT2D eigenvalue weighted by Crippen LogP contribution is 2.28. The number of hydrogen-bond acceptors (Lipinski definition) is 2. The SMILES string of the molecule is C1C[C@H]2C[C@H](NC3CC3)CN(C1)C2. The van der Waals surface area contributed by atoms with Crippen LogP contribution < -0.4 is 5.32 Å². The fraction of sp³-hybridized carbons (Fsp3) is 1.00. The highest BCUT2D eigenvalue weighted by atomic mass is 15.2. The van der Waals surface area contributed by atoms with Crippen molar-refractivity contribution in [3.05, 3.63) is 0 Å². The highest BCUT2D eigenvalue weighted by molar-refractivity contribution is 4.91. The summed E-state index contributed by atoms with van der Waals surface area (Å²) in [5.74, 6) is 1.01. The van der Waals surface area contributed by atoms with Crippen LogP contribution in [0.1, 0.15) is 32.1 Å². The van der Waals surface area contributed by atoms with Gasteiger partial charge in [0.2, 0.25) is 0 Å². The molecular formula is C11H20N2. The van der Waals surface area contributed by atoms with Crippen molar-refractivity contribution in [2.45, 2.75) is 44.2 Å². The zero-order chi connectivity index (χ0) is 8.67. The maximum Gasteiger partial charge on any atom is 0.0200 e. The standard InChI is InChI=1S/C11H20N2/c1-2-9-6-11(12-10-3-4-10)8-13(5-1)7-9/h9-12H,1-8H2/t9-,11-/m0/s1. The van der Waals surface area contributed by atoms with Gasteiger partial charge in [0, 0.05) is 25.2 Å². The smallest absolute Gasteiger partial charge is 0.0200 e. The van der Waals surface area contributed by atoms with E-state index in [1.807, 2.05) is 0 Å². The molecule has 0 aromatic rings. The lowest BCUT2D eigenvalue weighted by atomic mass is 9.87. The lowest BCUT2D eigenvalue weighted by Crippen LogP contribution is -2.52. The Bertz CT molecular complexity index is 177. The predicted octanol–water partition coefficient (Wildman–Crippen LogP) is 1.22. The second kappa shape index (κ2) is 3.25. The number of nitrogens with one attached hydrogen (secondary N) is 1. The molecule has 3 rings (SSSR count). The van der Waals surface area contributed by atoms with Gasteiger partial charge in [0.1, 0.15) is 0 Å². The molecule has 0 aromatic heterocycles. The molecule has 2 saturated heterocycles. The summed E-state index contributed by atoms with van der Waals surface area (Å²) in [6, 6.07) is 1.72. The summed E-state index contributed by atoms with van der Waals surface area (Å²) >= 11 is 0. The van der Waals surface area contributed by atoms with Crippen LogP contribution in [0.5, 0.6) is 0 Å². The summed E-state index contributed by atoms with van der Waals surface area (Å²) in [4.78, 5) is 2.66. The third-order valence-electron chi connectivity index (χ3n) is 3.75. The van der Waals surface area contributed by atoms with Gasteiger partial charge < -0.3 is 10.2 Å². The molecule has 2 heteroatoms. The van der Waals surface area contributed by atoms with E-state index in [2.05, 4.69) is 10.2 Å². The predicted molar refractivity (Wildman–Crippen MR) is 53.7 cm³/mol. The summed E-state index contributed by atoms with van der Waals surface area (Å²) in [6.45, 7) is 4.08. The zero-order valence-electron chi connectivity index (χ0n) is 8.34. The monoisotopic (exact) mass is 180 g/mol. The third kappa shape index (κ3) is 1.89.